The van der Waals surface area contributed by atoms with Crippen molar-refractivity contribution in [3.8, 4) is 22.4 Å². The minimum atomic E-state index is -0.454. The van der Waals surface area contributed by atoms with Gasteiger partial charge in [-0.1, -0.05) is 24.3 Å². The molecule has 0 unspecified atom stereocenters. The number of carbonyl (C=O) groups excluding carboxylic acids is 1. The molecule has 0 fully saturated rings. The van der Waals surface area contributed by atoms with Crippen LogP contribution in [-0.2, 0) is 18.3 Å². The molecule has 7 nitrogen and oxygen atoms in total. The lowest BCUT2D eigenvalue weighted by atomic mass is 10.0. The predicted octanol–water partition coefficient (Wildman–Crippen LogP) is 4.09. The summed E-state index contributed by atoms with van der Waals surface area (Å²) < 4.78 is 13.6. The van der Waals surface area contributed by atoms with Crippen molar-refractivity contribution in [3.63, 3.8) is 0 Å². The van der Waals surface area contributed by atoms with Crippen molar-refractivity contribution in [2.45, 2.75) is 27.3 Å². The van der Waals surface area contributed by atoms with Crippen molar-refractivity contribution < 1.29 is 14.1 Å². The van der Waals surface area contributed by atoms with Gasteiger partial charge in [-0.05, 0) is 44.0 Å². The standard InChI is InChI=1S/C23H23N3O4/c1-6-26-18(12-17-11-13(2)24-20(21(17)26)23(28)29-5)15-7-9-16(10-8-15)19-14(3)30-25(4)22(19)27/h7-12H,6H2,1-5H3. The Morgan fingerprint density at radius 1 is 1.13 bits per heavy atom. The van der Waals surface area contributed by atoms with Crippen molar-refractivity contribution >= 4 is 16.9 Å². The Hall–Kier alpha value is -3.61. The molecule has 0 spiro atoms. The van der Waals surface area contributed by atoms with E-state index in [-0.39, 0.29) is 5.56 Å². The van der Waals surface area contributed by atoms with Gasteiger partial charge in [-0.25, -0.2) is 9.78 Å². The van der Waals surface area contributed by atoms with Crippen LogP contribution in [-0.4, -0.2) is 27.4 Å². The molecule has 0 aliphatic rings. The zero-order valence-corrected chi connectivity index (χ0v) is 17.6. The number of aryl methyl sites for hydroxylation is 4. The van der Waals surface area contributed by atoms with Crippen LogP contribution in [0.2, 0.25) is 0 Å². The molecule has 0 aliphatic heterocycles. The summed E-state index contributed by atoms with van der Waals surface area (Å²) in [5.74, 6) is 0.131. The molecule has 0 saturated carbocycles. The molecule has 0 amide bonds. The monoisotopic (exact) mass is 405 g/mol. The van der Waals surface area contributed by atoms with Gasteiger partial charge in [-0.2, -0.15) is 4.74 Å². The molecule has 4 rings (SSSR count). The topological polar surface area (TPSA) is 79.3 Å². The van der Waals surface area contributed by atoms with Crippen LogP contribution in [0.15, 0.2) is 45.7 Å². The number of nitrogens with zero attached hydrogens (tertiary/aromatic N) is 3. The van der Waals surface area contributed by atoms with Crippen LogP contribution in [0.25, 0.3) is 33.3 Å². The minimum absolute atomic E-state index is 0.160. The van der Waals surface area contributed by atoms with Gasteiger partial charge in [0, 0.05) is 30.4 Å². The number of hydrogen-bond donors (Lipinski definition) is 0. The summed E-state index contributed by atoms with van der Waals surface area (Å²) in [6.07, 6.45) is 0. The maximum atomic E-state index is 12.3. The summed E-state index contributed by atoms with van der Waals surface area (Å²) in [5.41, 5.74) is 4.97. The van der Waals surface area contributed by atoms with Gasteiger partial charge in [-0.3, -0.25) is 4.79 Å². The molecular formula is C23H23N3O4. The largest absolute Gasteiger partial charge is 0.464 e. The highest BCUT2D eigenvalue weighted by atomic mass is 16.5. The smallest absolute Gasteiger partial charge is 0.358 e. The van der Waals surface area contributed by atoms with Crippen molar-refractivity contribution in [1.82, 2.24) is 14.3 Å². The van der Waals surface area contributed by atoms with Crippen molar-refractivity contribution in [3.05, 3.63) is 63.9 Å². The number of esters is 1. The number of benzene rings is 1. The average molecular weight is 405 g/mol. The Balaban J connectivity index is 1.87. The van der Waals surface area contributed by atoms with E-state index in [1.54, 1.807) is 14.0 Å². The van der Waals surface area contributed by atoms with Gasteiger partial charge < -0.3 is 13.8 Å². The predicted molar refractivity (Wildman–Crippen MR) is 115 cm³/mol. The molecule has 4 aromatic rings. The van der Waals surface area contributed by atoms with Crippen LogP contribution in [0, 0.1) is 13.8 Å². The lowest BCUT2D eigenvalue weighted by molar-refractivity contribution is 0.0596. The first-order chi connectivity index (χ1) is 14.3. The fourth-order valence-corrected chi connectivity index (χ4v) is 3.97. The van der Waals surface area contributed by atoms with Crippen molar-refractivity contribution in [2.24, 2.45) is 7.05 Å². The van der Waals surface area contributed by atoms with Crippen LogP contribution in [0.5, 0.6) is 0 Å². The van der Waals surface area contributed by atoms with E-state index in [0.29, 0.717) is 23.6 Å². The van der Waals surface area contributed by atoms with E-state index in [9.17, 15) is 9.59 Å². The second-order valence-electron chi connectivity index (χ2n) is 7.22. The third-order valence-electron chi connectivity index (χ3n) is 5.29. The van der Waals surface area contributed by atoms with Crippen LogP contribution in [0.4, 0.5) is 0 Å². The molecule has 30 heavy (non-hydrogen) atoms. The fourth-order valence-electron chi connectivity index (χ4n) is 3.97. The second kappa shape index (κ2) is 7.33. The number of carbonyl (C=O) groups is 1. The first-order valence-electron chi connectivity index (χ1n) is 9.72. The summed E-state index contributed by atoms with van der Waals surface area (Å²) >= 11 is 0. The van der Waals surface area contributed by atoms with E-state index in [1.807, 2.05) is 44.2 Å². The number of fused-ring (bicyclic) bond motifs is 1. The van der Waals surface area contributed by atoms with Gasteiger partial charge in [0.15, 0.2) is 5.69 Å². The molecule has 154 valence electrons. The summed E-state index contributed by atoms with van der Waals surface area (Å²) in [5, 5.41) is 0.934. The molecule has 0 saturated heterocycles. The zero-order valence-electron chi connectivity index (χ0n) is 17.6. The summed E-state index contributed by atoms with van der Waals surface area (Å²) in [4.78, 5) is 29.1. The summed E-state index contributed by atoms with van der Waals surface area (Å²) in [6, 6.07) is 11.8. The van der Waals surface area contributed by atoms with Crippen molar-refractivity contribution in [1.29, 1.82) is 0 Å². The number of methoxy groups -OCH3 is 1. The van der Waals surface area contributed by atoms with E-state index in [1.165, 1.54) is 11.8 Å². The summed E-state index contributed by atoms with van der Waals surface area (Å²) in [6.45, 7) is 6.33. The lowest BCUT2D eigenvalue weighted by Gasteiger charge is -2.11. The Morgan fingerprint density at radius 3 is 2.37 bits per heavy atom. The Kier molecular flexibility index (Phi) is 4.81. The van der Waals surface area contributed by atoms with Crippen LogP contribution < -0.4 is 5.56 Å². The Bertz CT molecular complexity index is 1320. The first-order valence-corrected chi connectivity index (χ1v) is 9.72. The van der Waals surface area contributed by atoms with Gasteiger partial charge in [0.25, 0.3) is 5.56 Å². The highest BCUT2D eigenvalue weighted by molar-refractivity contribution is 6.03. The van der Waals surface area contributed by atoms with Gasteiger partial charge in [-0.15, -0.1) is 0 Å². The average Bonchev–Trinajstić information content (AvgIpc) is 3.22. The van der Waals surface area contributed by atoms with Crippen LogP contribution >= 0.6 is 0 Å². The van der Waals surface area contributed by atoms with Crippen LogP contribution in [0.3, 0.4) is 0 Å². The molecule has 0 radical (unpaired) electrons. The number of aromatic nitrogens is 3. The Morgan fingerprint density at radius 2 is 1.80 bits per heavy atom. The fraction of sp³-hybridized carbons (Fsp3) is 0.261. The van der Waals surface area contributed by atoms with E-state index < -0.39 is 5.97 Å². The maximum Gasteiger partial charge on any atom is 0.358 e. The van der Waals surface area contributed by atoms with E-state index in [0.717, 1.165) is 33.4 Å². The SMILES string of the molecule is CCn1c(-c2ccc(-c3c(C)on(C)c3=O)cc2)cc2cc(C)nc(C(=O)OC)c21. The maximum absolute atomic E-state index is 12.3. The van der Waals surface area contributed by atoms with Gasteiger partial charge >= 0.3 is 5.97 Å². The first kappa shape index (κ1) is 19.7. The minimum Gasteiger partial charge on any atom is -0.464 e. The Labute approximate surface area is 173 Å². The molecule has 0 atom stereocenters. The molecule has 3 heterocycles. The van der Waals surface area contributed by atoms with Gasteiger partial charge in [0.1, 0.15) is 5.76 Å². The van der Waals surface area contributed by atoms with Crippen LogP contribution in [0.1, 0.15) is 28.9 Å². The normalized spacial score (nSPS) is 11.2. The second-order valence-corrected chi connectivity index (χ2v) is 7.22. The zero-order chi connectivity index (χ0) is 21.6. The molecule has 0 N–H and O–H groups in total. The highest BCUT2D eigenvalue weighted by Gasteiger charge is 2.20. The summed E-state index contributed by atoms with van der Waals surface area (Å²) in [7, 11) is 2.96. The third kappa shape index (κ3) is 3.03. The number of hydrogen-bond acceptors (Lipinski definition) is 5. The van der Waals surface area contributed by atoms with E-state index >= 15 is 0 Å². The molecule has 0 bridgehead atoms. The molecular weight excluding hydrogens is 382 g/mol. The molecule has 3 aromatic heterocycles. The number of pyridine rings is 1. The van der Waals surface area contributed by atoms with Gasteiger partial charge in [0.2, 0.25) is 0 Å². The van der Waals surface area contributed by atoms with Crippen molar-refractivity contribution in [2.75, 3.05) is 7.11 Å². The molecule has 0 aliphatic carbocycles. The van der Waals surface area contributed by atoms with E-state index in [2.05, 4.69) is 15.6 Å². The lowest BCUT2D eigenvalue weighted by Crippen LogP contribution is -2.11. The number of rotatable bonds is 4. The molecule has 1 aromatic carbocycles. The third-order valence-corrected chi connectivity index (χ3v) is 5.29. The van der Waals surface area contributed by atoms with Gasteiger partial charge in [0.05, 0.1) is 18.2 Å². The highest BCUT2D eigenvalue weighted by Crippen LogP contribution is 2.32. The molecule has 7 heteroatoms. The number of ether oxygens (including phenoxy) is 1. The quantitative estimate of drug-likeness (QED) is 0.478. The van der Waals surface area contributed by atoms with E-state index in [4.69, 9.17) is 9.26 Å².